The molecule has 1 aliphatic rings. The average molecular weight is 422 g/mol. The number of nitrogens with one attached hydrogen (secondary N) is 1. The van der Waals surface area contributed by atoms with Crippen molar-refractivity contribution in [2.45, 2.75) is 32.9 Å². The minimum absolute atomic E-state index is 0.214. The molecule has 1 N–H and O–H groups in total. The van der Waals surface area contributed by atoms with Crippen LogP contribution in [0, 0.1) is 13.8 Å². The van der Waals surface area contributed by atoms with E-state index in [-0.39, 0.29) is 24.3 Å². The van der Waals surface area contributed by atoms with Crippen LogP contribution in [0.3, 0.4) is 0 Å². The molecule has 0 unspecified atom stereocenters. The number of carbonyl (C=O) groups excluding carboxylic acids is 2. The Morgan fingerprint density at radius 3 is 2.60 bits per heavy atom. The van der Waals surface area contributed by atoms with E-state index in [0.29, 0.717) is 23.8 Å². The molecule has 5 nitrogen and oxygen atoms in total. The van der Waals surface area contributed by atoms with Crippen molar-refractivity contribution >= 4 is 29.1 Å². The second kappa shape index (κ2) is 8.36. The van der Waals surface area contributed by atoms with Crippen molar-refractivity contribution in [3.05, 3.63) is 88.2 Å². The Morgan fingerprint density at radius 2 is 1.83 bits per heavy atom. The summed E-state index contributed by atoms with van der Waals surface area (Å²) in [7, 11) is 0. The molecule has 0 bridgehead atoms. The average Bonchev–Trinajstić information content (AvgIpc) is 3.19. The van der Waals surface area contributed by atoms with Gasteiger partial charge in [-0.2, -0.15) is 0 Å². The van der Waals surface area contributed by atoms with Crippen LogP contribution in [-0.4, -0.2) is 27.8 Å². The maximum atomic E-state index is 13.2. The van der Waals surface area contributed by atoms with Gasteiger partial charge < -0.3 is 14.8 Å². The summed E-state index contributed by atoms with van der Waals surface area (Å²) in [6.07, 6.45) is 1.79. The molecule has 2 heterocycles. The monoisotopic (exact) mass is 421 g/mol. The third-order valence-electron chi connectivity index (χ3n) is 5.66. The second-order valence-electron chi connectivity index (χ2n) is 7.66. The molecule has 0 spiro atoms. The molecule has 0 saturated carbocycles. The summed E-state index contributed by atoms with van der Waals surface area (Å²) in [6, 6.07) is 16.9. The van der Waals surface area contributed by atoms with Gasteiger partial charge in [0.25, 0.3) is 0 Å². The quantitative estimate of drug-likeness (QED) is 0.620. The molecule has 0 fully saturated rings. The van der Waals surface area contributed by atoms with Crippen LogP contribution < -0.4 is 5.32 Å². The fourth-order valence-corrected chi connectivity index (χ4v) is 4.18. The minimum atomic E-state index is -0.317. The number of aromatic nitrogens is 1. The zero-order chi connectivity index (χ0) is 21.3. The van der Waals surface area contributed by atoms with E-state index in [4.69, 9.17) is 11.6 Å². The van der Waals surface area contributed by atoms with Crippen molar-refractivity contribution in [2.24, 2.45) is 0 Å². The topological polar surface area (TPSA) is 54.3 Å². The summed E-state index contributed by atoms with van der Waals surface area (Å²) in [5.74, 6) is -0.532. The third-order valence-corrected chi connectivity index (χ3v) is 6.01. The number of benzene rings is 2. The zero-order valence-electron chi connectivity index (χ0n) is 17.1. The molecule has 0 saturated heterocycles. The summed E-state index contributed by atoms with van der Waals surface area (Å²) in [5.41, 5.74) is 4.81. The highest BCUT2D eigenvalue weighted by Gasteiger charge is 2.33. The van der Waals surface area contributed by atoms with E-state index in [1.54, 1.807) is 4.90 Å². The molecular formula is C24H24ClN3O2. The van der Waals surface area contributed by atoms with Crippen LogP contribution in [0.15, 0.2) is 60.8 Å². The number of carbonyl (C=O) groups is 2. The number of rotatable bonds is 4. The summed E-state index contributed by atoms with van der Waals surface area (Å²) >= 11 is 6.48. The molecule has 0 aliphatic carbocycles. The Hall–Kier alpha value is -3.05. The van der Waals surface area contributed by atoms with Crippen LogP contribution >= 0.6 is 11.6 Å². The predicted molar refractivity (Wildman–Crippen MR) is 119 cm³/mol. The van der Waals surface area contributed by atoms with Gasteiger partial charge in [-0.1, -0.05) is 35.9 Å². The Labute approximate surface area is 181 Å². The Kier molecular flexibility index (Phi) is 5.64. The van der Waals surface area contributed by atoms with Gasteiger partial charge in [0.1, 0.15) is 6.42 Å². The molecule has 4 rings (SSSR count). The molecule has 1 aromatic heterocycles. The lowest BCUT2D eigenvalue weighted by Crippen LogP contribution is -2.43. The molecule has 1 atom stereocenters. The number of hydrogen-bond donors (Lipinski definition) is 1. The SMILES string of the molecule is Cc1ccc(NC(=O)CC(=O)N2CCn3cccc3[C@H]2c2ccccc2Cl)cc1C. The van der Waals surface area contributed by atoms with Crippen LogP contribution in [0.5, 0.6) is 0 Å². The number of fused-ring (bicyclic) bond motifs is 1. The van der Waals surface area contributed by atoms with Crippen LogP contribution in [0.25, 0.3) is 0 Å². The maximum Gasteiger partial charge on any atom is 0.233 e. The smallest absolute Gasteiger partial charge is 0.233 e. The third kappa shape index (κ3) is 3.98. The number of hydrogen-bond acceptors (Lipinski definition) is 2. The van der Waals surface area contributed by atoms with Gasteiger partial charge in [0.05, 0.1) is 6.04 Å². The van der Waals surface area contributed by atoms with Gasteiger partial charge in [-0.3, -0.25) is 9.59 Å². The van der Waals surface area contributed by atoms with Gasteiger partial charge in [0.2, 0.25) is 11.8 Å². The van der Waals surface area contributed by atoms with E-state index >= 15 is 0 Å². The summed E-state index contributed by atoms with van der Waals surface area (Å²) in [4.78, 5) is 27.5. The Balaban J connectivity index is 1.55. The Bertz CT molecular complexity index is 1110. The molecule has 0 radical (unpaired) electrons. The van der Waals surface area contributed by atoms with Crippen LogP contribution in [0.4, 0.5) is 5.69 Å². The largest absolute Gasteiger partial charge is 0.348 e. The summed E-state index contributed by atoms with van der Waals surface area (Å²) < 4.78 is 2.13. The number of nitrogens with zero attached hydrogens (tertiary/aromatic N) is 2. The maximum absolute atomic E-state index is 13.2. The molecule has 2 aromatic carbocycles. The van der Waals surface area contributed by atoms with Crippen molar-refractivity contribution in [2.75, 3.05) is 11.9 Å². The number of anilines is 1. The van der Waals surface area contributed by atoms with E-state index in [1.807, 2.05) is 74.6 Å². The molecule has 154 valence electrons. The molecule has 6 heteroatoms. The normalized spacial score (nSPS) is 15.6. The van der Waals surface area contributed by atoms with Gasteiger partial charge in [0, 0.05) is 35.7 Å². The van der Waals surface area contributed by atoms with Crippen LogP contribution in [0.2, 0.25) is 5.02 Å². The lowest BCUT2D eigenvalue weighted by molar-refractivity contribution is -0.136. The molecule has 2 amide bonds. The fraction of sp³-hybridized carbons (Fsp3) is 0.250. The second-order valence-corrected chi connectivity index (χ2v) is 8.07. The lowest BCUT2D eigenvalue weighted by atomic mass is 9.99. The van der Waals surface area contributed by atoms with Gasteiger partial charge in [-0.15, -0.1) is 0 Å². The molecular weight excluding hydrogens is 398 g/mol. The highest BCUT2D eigenvalue weighted by molar-refractivity contribution is 6.31. The van der Waals surface area contributed by atoms with Crippen LogP contribution in [-0.2, 0) is 16.1 Å². The zero-order valence-corrected chi connectivity index (χ0v) is 17.8. The van der Waals surface area contributed by atoms with Gasteiger partial charge in [-0.05, 0) is 60.9 Å². The molecule has 30 heavy (non-hydrogen) atoms. The highest BCUT2D eigenvalue weighted by Crippen LogP contribution is 2.36. The first kappa shape index (κ1) is 20.2. The van der Waals surface area contributed by atoms with Gasteiger partial charge >= 0.3 is 0 Å². The van der Waals surface area contributed by atoms with E-state index in [9.17, 15) is 9.59 Å². The van der Waals surface area contributed by atoms with E-state index < -0.39 is 0 Å². The molecule has 3 aromatic rings. The first-order valence-electron chi connectivity index (χ1n) is 10.00. The van der Waals surface area contributed by atoms with Gasteiger partial charge in [-0.25, -0.2) is 0 Å². The van der Waals surface area contributed by atoms with Crippen molar-refractivity contribution in [3.8, 4) is 0 Å². The summed E-state index contributed by atoms with van der Waals surface area (Å²) in [5, 5.41) is 3.45. The Morgan fingerprint density at radius 1 is 1.03 bits per heavy atom. The fourth-order valence-electron chi connectivity index (χ4n) is 3.94. The highest BCUT2D eigenvalue weighted by atomic mass is 35.5. The lowest BCUT2D eigenvalue weighted by Gasteiger charge is -2.37. The van der Waals surface area contributed by atoms with E-state index in [2.05, 4.69) is 9.88 Å². The van der Waals surface area contributed by atoms with Crippen molar-refractivity contribution in [1.29, 1.82) is 0 Å². The van der Waals surface area contributed by atoms with Crippen molar-refractivity contribution < 1.29 is 9.59 Å². The number of halogens is 1. The van der Waals surface area contributed by atoms with E-state index in [0.717, 1.165) is 22.4 Å². The van der Waals surface area contributed by atoms with E-state index in [1.165, 1.54) is 0 Å². The first-order valence-corrected chi connectivity index (χ1v) is 10.4. The minimum Gasteiger partial charge on any atom is -0.348 e. The van der Waals surface area contributed by atoms with Crippen LogP contribution in [0.1, 0.15) is 34.8 Å². The standard InChI is InChI=1S/C24H24ClN3O2/c1-16-9-10-18(14-17(16)2)26-22(29)15-23(30)28-13-12-27-11-5-8-21(27)24(28)19-6-3-4-7-20(19)25/h3-11,14,24H,12-13,15H2,1-2H3,(H,26,29)/t24-/m1/s1. The van der Waals surface area contributed by atoms with Gasteiger partial charge in [0.15, 0.2) is 0 Å². The first-order chi connectivity index (χ1) is 14.4. The van der Waals surface area contributed by atoms with Crippen molar-refractivity contribution in [3.63, 3.8) is 0 Å². The number of amides is 2. The molecule has 1 aliphatic heterocycles. The predicted octanol–water partition coefficient (Wildman–Crippen LogP) is 4.72. The number of aryl methyl sites for hydroxylation is 2. The van der Waals surface area contributed by atoms with Crippen molar-refractivity contribution in [1.82, 2.24) is 9.47 Å². The summed E-state index contributed by atoms with van der Waals surface area (Å²) in [6.45, 7) is 5.22.